The summed E-state index contributed by atoms with van der Waals surface area (Å²) < 4.78 is 32.6. The van der Waals surface area contributed by atoms with Gasteiger partial charge in [0.15, 0.2) is 0 Å². The minimum absolute atomic E-state index is 0.00452. The summed E-state index contributed by atoms with van der Waals surface area (Å²) in [4.78, 5) is 22.1. The Morgan fingerprint density at radius 3 is 2.58 bits per heavy atom. The van der Waals surface area contributed by atoms with Gasteiger partial charge in [-0.1, -0.05) is 19.4 Å². The maximum atomic E-state index is 12.5. The average molecular weight is 452 g/mol. The molecule has 0 saturated carbocycles. The third-order valence-electron chi connectivity index (χ3n) is 4.23. The lowest BCUT2D eigenvalue weighted by Gasteiger charge is -2.11. The number of carbonyl (C=O) groups excluding carboxylic acids is 1. The molecule has 0 heterocycles. The van der Waals surface area contributed by atoms with E-state index in [-0.39, 0.29) is 21.8 Å². The molecule has 0 radical (unpaired) electrons. The number of amides is 1. The normalized spacial score (nSPS) is 11.1. The summed E-state index contributed by atoms with van der Waals surface area (Å²) in [5, 5.41) is 23.6. The van der Waals surface area contributed by atoms with Crippen molar-refractivity contribution in [1.82, 2.24) is 5.32 Å². The molecule has 0 aliphatic carbocycles. The first-order chi connectivity index (χ1) is 14.7. The molecule has 2 rings (SSSR count). The Labute approximate surface area is 180 Å². The van der Waals surface area contributed by atoms with Crippen LogP contribution in [0.15, 0.2) is 47.4 Å². The van der Waals surface area contributed by atoms with Crippen LogP contribution in [-0.2, 0) is 14.8 Å². The first-order valence-corrected chi connectivity index (χ1v) is 11.2. The van der Waals surface area contributed by atoms with Gasteiger partial charge in [-0.2, -0.15) is 0 Å². The highest BCUT2D eigenvalue weighted by Crippen LogP contribution is 2.25. The van der Waals surface area contributed by atoms with Crippen LogP contribution >= 0.6 is 0 Å². The molecule has 0 saturated heterocycles. The Hall–Kier alpha value is -3.18. The number of rotatable bonds is 12. The van der Waals surface area contributed by atoms with Gasteiger partial charge in [-0.05, 0) is 31.0 Å². The SMILES string of the molecule is CCCCOCCCNC(=O)c1ccc(NS(=O)(=O)c2cccc([N+](=O)[O-])c2)cc1O. The second-order valence-electron chi connectivity index (χ2n) is 6.67. The number of nitrogens with zero attached hydrogens (tertiary/aromatic N) is 1. The number of nitrogens with one attached hydrogen (secondary N) is 2. The average Bonchev–Trinajstić information content (AvgIpc) is 2.73. The fourth-order valence-electron chi connectivity index (χ4n) is 2.59. The van der Waals surface area contributed by atoms with E-state index in [2.05, 4.69) is 17.0 Å². The number of nitro benzene ring substituents is 1. The number of unbranched alkanes of at least 4 members (excludes halogenated alkanes) is 1. The molecular formula is C20H25N3O7S. The van der Waals surface area contributed by atoms with E-state index < -0.39 is 26.6 Å². The second-order valence-corrected chi connectivity index (χ2v) is 8.35. The van der Waals surface area contributed by atoms with Crippen LogP contribution in [0, 0.1) is 10.1 Å². The van der Waals surface area contributed by atoms with Crippen molar-refractivity contribution in [3.63, 3.8) is 0 Å². The summed E-state index contributed by atoms with van der Waals surface area (Å²) in [6.45, 7) is 3.63. The van der Waals surface area contributed by atoms with Crippen LogP contribution in [0.4, 0.5) is 11.4 Å². The van der Waals surface area contributed by atoms with Gasteiger partial charge in [0.2, 0.25) is 0 Å². The first-order valence-electron chi connectivity index (χ1n) is 9.71. The topological polar surface area (TPSA) is 148 Å². The zero-order valence-electron chi connectivity index (χ0n) is 17.0. The molecular weight excluding hydrogens is 426 g/mol. The zero-order valence-corrected chi connectivity index (χ0v) is 17.9. The predicted molar refractivity (Wildman–Crippen MR) is 115 cm³/mol. The fraction of sp³-hybridized carbons (Fsp3) is 0.350. The van der Waals surface area contributed by atoms with Crippen molar-refractivity contribution in [3.8, 4) is 5.75 Å². The Morgan fingerprint density at radius 1 is 1.16 bits per heavy atom. The summed E-state index contributed by atoms with van der Waals surface area (Å²) in [5.41, 5.74) is -0.372. The summed E-state index contributed by atoms with van der Waals surface area (Å²) >= 11 is 0. The van der Waals surface area contributed by atoms with Gasteiger partial charge < -0.3 is 15.2 Å². The molecule has 10 nitrogen and oxygen atoms in total. The van der Waals surface area contributed by atoms with E-state index in [0.717, 1.165) is 25.0 Å². The molecule has 1 amide bonds. The fourth-order valence-corrected chi connectivity index (χ4v) is 3.67. The highest BCUT2D eigenvalue weighted by molar-refractivity contribution is 7.92. The molecule has 0 spiro atoms. The lowest BCUT2D eigenvalue weighted by Crippen LogP contribution is -2.25. The molecule has 168 valence electrons. The van der Waals surface area contributed by atoms with Crippen molar-refractivity contribution < 1.29 is 28.0 Å². The van der Waals surface area contributed by atoms with Crippen molar-refractivity contribution >= 4 is 27.3 Å². The van der Waals surface area contributed by atoms with Gasteiger partial charge in [-0.25, -0.2) is 8.42 Å². The van der Waals surface area contributed by atoms with Crippen LogP contribution in [0.25, 0.3) is 0 Å². The van der Waals surface area contributed by atoms with E-state index in [4.69, 9.17) is 4.74 Å². The van der Waals surface area contributed by atoms with Gasteiger partial charge in [0, 0.05) is 38.0 Å². The van der Waals surface area contributed by atoms with E-state index >= 15 is 0 Å². The zero-order chi connectivity index (χ0) is 22.9. The van der Waals surface area contributed by atoms with Crippen LogP contribution in [0.2, 0.25) is 0 Å². The number of non-ortho nitro benzene ring substituents is 1. The van der Waals surface area contributed by atoms with Crippen LogP contribution in [0.3, 0.4) is 0 Å². The molecule has 3 N–H and O–H groups in total. The Bertz CT molecular complexity index is 1030. The molecule has 0 aromatic heterocycles. The number of aromatic hydroxyl groups is 1. The van der Waals surface area contributed by atoms with Gasteiger partial charge in [0.05, 0.1) is 21.1 Å². The number of benzene rings is 2. The van der Waals surface area contributed by atoms with Crippen molar-refractivity contribution in [2.75, 3.05) is 24.5 Å². The largest absolute Gasteiger partial charge is 0.507 e. The van der Waals surface area contributed by atoms with E-state index in [1.165, 1.54) is 30.3 Å². The van der Waals surface area contributed by atoms with Crippen LogP contribution in [0.1, 0.15) is 36.5 Å². The number of phenolic OH excluding ortho intramolecular Hbond substituents is 1. The molecule has 0 bridgehead atoms. The van der Waals surface area contributed by atoms with Gasteiger partial charge in [0.25, 0.3) is 21.6 Å². The van der Waals surface area contributed by atoms with Gasteiger partial charge in [-0.15, -0.1) is 0 Å². The van der Waals surface area contributed by atoms with Gasteiger partial charge >= 0.3 is 0 Å². The van der Waals surface area contributed by atoms with Crippen molar-refractivity contribution in [3.05, 3.63) is 58.1 Å². The minimum atomic E-state index is -4.13. The highest BCUT2D eigenvalue weighted by Gasteiger charge is 2.19. The minimum Gasteiger partial charge on any atom is -0.507 e. The van der Waals surface area contributed by atoms with E-state index in [1.54, 1.807) is 0 Å². The maximum Gasteiger partial charge on any atom is 0.270 e. The van der Waals surface area contributed by atoms with Crippen LogP contribution in [-0.4, -0.2) is 44.1 Å². The highest BCUT2D eigenvalue weighted by atomic mass is 32.2. The predicted octanol–water partition coefficient (Wildman–Crippen LogP) is 3.04. The Morgan fingerprint density at radius 2 is 1.90 bits per heavy atom. The van der Waals surface area contributed by atoms with Crippen LogP contribution < -0.4 is 10.0 Å². The molecule has 0 unspecified atom stereocenters. The molecule has 2 aromatic rings. The first kappa shape index (κ1) is 24.1. The lowest BCUT2D eigenvalue weighted by molar-refractivity contribution is -0.385. The summed E-state index contributed by atoms with van der Waals surface area (Å²) in [5.74, 6) is -0.907. The van der Waals surface area contributed by atoms with Crippen molar-refractivity contribution in [1.29, 1.82) is 0 Å². The standard InChI is InChI=1S/C20H25N3O7S/c1-2-3-11-30-12-5-10-21-20(25)18-9-8-15(13-19(18)24)22-31(28,29)17-7-4-6-16(14-17)23(26)27/h4,6-9,13-14,22,24H,2-3,5,10-12H2,1H3,(H,21,25). The number of hydrogen-bond acceptors (Lipinski definition) is 7. The van der Waals surface area contributed by atoms with E-state index in [1.807, 2.05) is 0 Å². The van der Waals surface area contributed by atoms with Gasteiger partial charge in [0.1, 0.15) is 5.75 Å². The third-order valence-corrected chi connectivity index (χ3v) is 5.61. The number of anilines is 1. The third kappa shape index (κ3) is 7.23. The lowest BCUT2D eigenvalue weighted by atomic mass is 10.1. The Kier molecular flexibility index (Phi) is 8.76. The van der Waals surface area contributed by atoms with Crippen molar-refractivity contribution in [2.45, 2.75) is 31.1 Å². The molecule has 0 aliphatic heterocycles. The smallest absolute Gasteiger partial charge is 0.270 e. The maximum absolute atomic E-state index is 12.5. The number of hydrogen-bond donors (Lipinski definition) is 3. The van der Waals surface area contributed by atoms with E-state index in [9.17, 15) is 28.4 Å². The molecule has 0 atom stereocenters. The number of ether oxygens (including phenoxy) is 1. The van der Waals surface area contributed by atoms with Crippen molar-refractivity contribution in [2.24, 2.45) is 0 Å². The van der Waals surface area contributed by atoms with Gasteiger partial charge in [-0.3, -0.25) is 19.6 Å². The molecule has 0 fully saturated rings. The quantitative estimate of drug-likeness (QED) is 0.255. The number of phenols is 1. The summed E-state index contributed by atoms with van der Waals surface area (Å²) in [6, 6.07) is 8.27. The Balaban J connectivity index is 1.98. The molecule has 31 heavy (non-hydrogen) atoms. The molecule has 0 aliphatic rings. The molecule has 11 heteroatoms. The number of nitro groups is 1. The summed E-state index contributed by atoms with van der Waals surface area (Å²) in [7, 11) is -4.13. The summed E-state index contributed by atoms with van der Waals surface area (Å²) in [6.07, 6.45) is 2.66. The van der Waals surface area contributed by atoms with Crippen LogP contribution in [0.5, 0.6) is 5.75 Å². The number of sulfonamides is 1. The monoisotopic (exact) mass is 451 g/mol. The van der Waals surface area contributed by atoms with E-state index in [0.29, 0.717) is 26.2 Å². The number of carbonyl (C=O) groups is 1. The molecule has 2 aromatic carbocycles. The second kappa shape index (κ2) is 11.3.